The van der Waals surface area contributed by atoms with Gasteiger partial charge in [-0.2, -0.15) is 9.40 Å². The maximum atomic E-state index is 15.0. The van der Waals surface area contributed by atoms with E-state index in [1.165, 1.54) is 32.3 Å². The molecule has 1 aromatic carbocycles. The Balaban J connectivity index is 1.31. The van der Waals surface area contributed by atoms with Crippen molar-refractivity contribution >= 4 is 33.4 Å². The minimum Gasteiger partial charge on any atom is -0.367 e. The molecule has 3 aliphatic rings. The molecule has 0 radical (unpaired) electrons. The fourth-order valence-corrected chi connectivity index (χ4v) is 6.08. The number of piperidine rings is 1. The largest absolute Gasteiger partial charge is 0.367 e. The molecule has 3 aliphatic heterocycles. The van der Waals surface area contributed by atoms with Gasteiger partial charge in [0.25, 0.3) is 5.91 Å². The van der Waals surface area contributed by atoms with Gasteiger partial charge in [-0.05, 0) is 24.1 Å². The van der Waals surface area contributed by atoms with Gasteiger partial charge in [-0.1, -0.05) is 0 Å². The molecular weight excluding hydrogens is 467 g/mol. The Labute approximate surface area is 195 Å². The first kappa shape index (κ1) is 22.5. The van der Waals surface area contributed by atoms with Gasteiger partial charge in [-0.25, -0.2) is 12.8 Å². The quantitative estimate of drug-likeness (QED) is 0.590. The van der Waals surface area contributed by atoms with Crippen LogP contribution in [0.25, 0.3) is 0 Å². The first-order chi connectivity index (χ1) is 16.1. The highest BCUT2D eigenvalue weighted by Gasteiger charge is 2.40. The number of nitrogens with one attached hydrogen (secondary N) is 1. The second-order valence-electron chi connectivity index (χ2n) is 8.60. The zero-order chi connectivity index (χ0) is 24.2. The molecule has 0 spiro atoms. The van der Waals surface area contributed by atoms with E-state index >= 15 is 4.39 Å². The minimum absolute atomic E-state index is 0.110. The number of nitrogens with zero attached hydrogens (tertiary/aromatic N) is 5. The third-order valence-electron chi connectivity index (χ3n) is 6.49. The highest BCUT2D eigenvalue weighted by Crippen LogP contribution is 2.33. The number of imide groups is 1. The number of amides is 3. The van der Waals surface area contributed by atoms with Gasteiger partial charge in [-0.15, -0.1) is 0 Å². The molecule has 11 nitrogen and oxygen atoms in total. The molecule has 0 aliphatic carbocycles. The molecule has 1 atom stereocenters. The molecule has 5 rings (SSSR count). The Kier molecular flexibility index (Phi) is 5.40. The number of fused-ring (bicyclic) bond motifs is 1. The maximum absolute atomic E-state index is 15.0. The molecular formula is C21H23FN6O5S. The first-order valence-electron chi connectivity index (χ1n) is 10.9. The normalized spacial score (nSPS) is 21.7. The molecule has 2 saturated heterocycles. The molecule has 0 bridgehead atoms. The number of carbonyl (C=O) groups is 3. The highest BCUT2D eigenvalue weighted by atomic mass is 32.2. The van der Waals surface area contributed by atoms with Crippen LogP contribution in [-0.4, -0.2) is 77.3 Å². The number of piperazine rings is 1. The van der Waals surface area contributed by atoms with E-state index in [2.05, 4.69) is 10.4 Å². The zero-order valence-corrected chi connectivity index (χ0v) is 19.2. The fourth-order valence-electron chi connectivity index (χ4n) is 4.67. The lowest BCUT2D eigenvalue weighted by molar-refractivity contribution is -0.136. The van der Waals surface area contributed by atoms with Crippen LogP contribution < -0.4 is 10.2 Å². The van der Waals surface area contributed by atoms with E-state index in [1.54, 1.807) is 18.0 Å². The topological polar surface area (TPSA) is 125 Å². The summed E-state index contributed by atoms with van der Waals surface area (Å²) in [5.74, 6) is -1.92. The third-order valence-corrected chi connectivity index (χ3v) is 8.34. The molecule has 180 valence electrons. The number of hydrogen-bond acceptors (Lipinski definition) is 7. The summed E-state index contributed by atoms with van der Waals surface area (Å²) < 4.78 is 43.4. The monoisotopic (exact) mass is 490 g/mol. The summed E-state index contributed by atoms with van der Waals surface area (Å²) in [6, 6.07) is 2.00. The standard InChI is InChI=1S/C21H23FN6O5S/c1-25-12-14(10-23-25)34(32,33)27-6-4-26(5-7-27)18-8-13-11-28(21(31)15(13)9-16(18)22)17-2-3-19(29)24-20(17)30/h8-10,12,17H,2-7,11H2,1H3,(H,24,29,30). The second kappa shape index (κ2) is 8.17. The number of anilines is 1. The van der Waals surface area contributed by atoms with Crippen molar-refractivity contribution in [2.24, 2.45) is 7.05 Å². The minimum atomic E-state index is -3.69. The Morgan fingerprint density at radius 1 is 1.12 bits per heavy atom. The van der Waals surface area contributed by atoms with Gasteiger partial charge in [0.05, 0.1) is 11.9 Å². The van der Waals surface area contributed by atoms with Crippen LogP contribution in [0.1, 0.15) is 28.8 Å². The van der Waals surface area contributed by atoms with E-state index in [1.807, 2.05) is 0 Å². The average molecular weight is 491 g/mol. The van der Waals surface area contributed by atoms with E-state index in [4.69, 9.17) is 0 Å². The number of rotatable bonds is 4. The molecule has 34 heavy (non-hydrogen) atoms. The van der Waals surface area contributed by atoms with Crippen molar-refractivity contribution in [2.75, 3.05) is 31.1 Å². The van der Waals surface area contributed by atoms with Crippen molar-refractivity contribution in [3.8, 4) is 0 Å². The Hall–Kier alpha value is -3.32. The number of hydrogen-bond donors (Lipinski definition) is 1. The van der Waals surface area contributed by atoms with Gasteiger partial charge in [0.15, 0.2) is 0 Å². The van der Waals surface area contributed by atoms with E-state index in [0.29, 0.717) is 5.56 Å². The van der Waals surface area contributed by atoms with E-state index in [9.17, 15) is 22.8 Å². The smallest absolute Gasteiger partial charge is 0.255 e. The van der Waals surface area contributed by atoms with Gasteiger partial charge in [-0.3, -0.25) is 24.4 Å². The summed E-state index contributed by atoms with van der Waals surface area (Å²) in [6.07, 6.45) is 3.11. The lowest BCUT2D eigenvalue weighted by Gasteiger charge is -2.35. The molecule has 0 saturated carbocycles. The summed E-state index contributed by atoms with van der Waals surface area (Å²) in [6.45, 7) is 1.05. The molecule has 1 N–H and O–H groups in total. The first-order valence-corrected chi connectivity index (χ1v) is 12.3. The van der Waals surface area contributed by atoms with Crippen molar-refractivity contribution in [2.45, 2.75) is 30.3 Å². The summed E-state index contributed by atoms with van der Waals surface area (Å²) in [7, 11) is -2.05. The molecule has 1 unspecified atom stereocenters. The molecule has 1 aromatic heterocycles. The van der Waals surface area contributed by atoms with Crippen molar-refractivity contribution in [1.29, 1.82) is 0 Å². The number of sulfonamides is 1. The summed E-state index contributed by atoms with van der Waals surface area (Å²) in [5.41, 5.74) is 1.08. The Morgan fingerprint density at radius 2 is 1.85 bits per heavy atom. The summed E-state index contributed by atoms with van der Waals surface area (Å²) >= 11 is 0. The van der Waals surface area contributed by atoms with Crippen LogP contribution in [0.3, 0.4) is 0 Å². The van der Waals surface area contributed by atoms with Crippen LogP contribution in [0.15, 0.2) is 29.4 Å². The average Bonchev–Trinajstić information content (AvgIpc) is 3.37. The summed E-state index contributed by atoms with van der Waals surface area (Å²) in [5, 5.41) is 6.16. The van der Waals surface area contributed by atoms with Gasteiger partial charge in [0.1, 0.15) is 16.8 Å². The number of aryl methyl sites for hydroxylation is 1. The molecule has 2 aromatic rings. The van der Waals surface area contributed by atoms with Crippen LogP contribution in [0, 0.1) is 5.82 Å². The maximum Gasteiger partial charge on any atom is 0.255 e. The van der Waals surface area contributed by atoms with Gasteiger partial charge < -0.3 is 9.80 Å². The lowest BCUT2D eigenvalue weighted by atomic mass is 10.0. The van der Waals surface area contributed by atoms with E-state index in [0.717, 1.165) is 0 Å². The number of aromatic nitrogens is 2. The lowest BCUT2D eigenvalue weighted by Crippen LogP contribution is -2.52. The highest BCUT2D eigenvalue weighted by molar-refractivity contribution is 7.89. The summed E-state index contributed by atoms with van der Waals surface area (Å²) in [4.78, 5) is 39.7. The van der Waals surface area contributed by atoms with E-state index in [-0.39, 0.29) is 67.6 Å². The van der Waals surface area contributed by atoms with Gasteiger partial charge in [0, 0.05) is 58.0 Å². The van der Waals surface area contributed by atoms with Crippen LogP contribution in [-0.2, 0) is 33.2 Å². The molecule has 4 heterocycles. The van der Waals surface area contributed by atoms with Crippen LogP contribution in [0.5, 0.6) is 0 Å². The predicted octanol–water partition coefficient (Wildman–Crippen LogP) is -0.169. The number of carbonyl (C=O) groups excluding carboxylic acids is 3. The Bertz CT molecular complexity index is 1300. The van der Waals surface area contributed by atoms with Gasteiger partial charge in [0.2, 0.25) is 21.8 Å². The second-order valence-corrected chi connectivity index (χ2v) is 10.5. The number of halogens is 1. The van der Waals surface area contributed by atoms with Crippen molar-refractivity contribution < 1.29 is 27.2 Å². The SMILES string of the molecule is Cn1cc(S(=O)(=O)N2CCN(c3cc4c(cc3F)C(=O)N(C3CCC(=O)NC3=O)C4)CC2)cn1. The molecule has 3 amide bonds. The van der Waals surface area contributed by atoms with Crippen molar-refractivity contribution in [1.82, 2.24) is 24.3 Å². The van der Waals surface area contributed by atoms with Gasteiger partial charge >= 0.3 is 0 Å². The fraction of sp³-hybridized carbons (Fsp3) is 0.429. The van der Waals surface area contributed by atoms with Crippen molar-refractivity contribution in [3.05, 3.63) is 41.5 Å². The van der Waals surface area contributed by atoms with Crippen LogP contribution >= 0.6 is 0 Å². The van der Waals surface area contributed by atoms with Crippen LogP contribution in [0.4, 0.5) is 10.1 Å². The molecule has 2 fully saturated rings. The number of benzene rings is 1. The third kappa shape index (κ3) is 3.74. The Morgan fingerprint density at radius 3 is 2.50 bits per heavy atom. The van der Waals surface area contributed by atoms with E-state index < -0.39 is 33.7 Å². The predicted molar refractivity (Wildman–Crippen MR) is 117 cm³/mol. The van der Waals surface area contributed by atoms with Crippen molar-refractivity contribution in [3.63, 3.8) is 0 Å². The van der Waals surface area contributed by atoms with Crippen LogP contribution in [0.2, 0.25) is 0 Å². The molecule has 13 heteroatoms. The zero-order valence-electron chi connectivity index (χ0n) is 18.4.